The maximum Gasteiger partial charge on any atom is 0.338 e. The Labute approximate surface area is 174 Å². The van der Waals surface area contributed by atoms with Gasteiger partial charge < -0.3 is 29.4 Å². The fourth-order valence-corrected chi connectivity index (χ4v) is 3.01. The number of allylic oxidation sites excluding steroid dienone is 1. The minimum atomic E-state index is -0.926. The van der Waals surface area contributed by atoms with Gasteiger partial charge in [0.05, 0.1) is 39.4 Å². The summed E-state index contributed by atoms with van der Waals surface area (Å²) in [5, 5.41) is 9.69. The van der Waals surface area contributed by atoms with Gasteiger partial charge in [-0.1, -0.05) is 13.0 Å². The van der Waals surface area contributed by atoms with E-state index in [-0.39, 0.29) is 29.2 Å². The first-order valence-corrected chi connectivity index (χ1v) is 9.18. The Morgan fingerprint density at radius 3 is 2.50 bits per heavy atom. The number of nitriles is 1. The minimum absolute atomic E-state index is 0.00768. The summed E-state index contributed by atoms with van der Waals surface area (Å²) in [4.78, 5) is 24.5. The lowest BCUT2D eigenvalue weighted by molar-refractivity contribution is -0.140. The van der Waals surface area contributed by atoms with Crippen molar-refractivity contribution in [3.8, 4) is 17.6 Å². The fourth-order valence-electron chi connectivity index (χ4n) is 3.01. The van der Waals surface area contributed by atoms with Crippen molar-refractivity contribution in [1.29, 1.82) is 5.26 Å². The van der Waals surface area contributed by atoms with Crippen molar-refractivity contribution in [2.24, 2.45) is 5.73 Å². The number of carbonyl (C=O) groups excluding carboxylic acids is 2. The van der Waals surface area contributed by atoms with Crippen LogP contribution in [0, 0.1) is 11.3 Å². The lowest BCUT2D eigenvalue weighted by Gasteiger charge is -2.28. The Balaban J connectivity index is 2.66. The standard InChI is InChI=1S/C21H24N2O7/c1-5-8-29-14-7-6-12(9-15(14)26-2)18-13(11-22)20(23)30-16(10-17(24)27-3)19(18)21(25)28-4/h6-7,9,18H,5,8,10,23H2,1-4H3/t18-/m1/s1. The van der Waals surface area contributed by atoms with E-state index in [1.165, 1.54) is 21.3 Å². The fraction of sp³-hybridized carbons (Fsp3) is 0.381. The molecular weight excluding hydrogens is 392 g/mol. The molecule has 1 aliphatic heterocycles. The van der Waals surface area contributed by atoms with Gasteiger partial charge in [0, 0.05) is 0 Å². The van der Waals surface area contributed by atoms with Crippen LogP contribution in [0.1, 0.15) is 31.2 Å². The van der Waals surface area contributed by atoms with Gasteiger partial charge in [0.15, 0.2) is 11.5 Å². The maximum absolute atomic E-state index is 12.6. The highest BCUT2D eigenvalue weighted by atomic mass is 16.5. The number of nitrogens with two attached hydrogens (primary N) is 1. The Kier molecular flexibility index (Phi) is 7.69. The van der Waals surface area contributed by atoms with Crippen LogP contribution >= 0.6 is 0 Å². The molecule has 2 rings (SSSR count). The number of benzene rings is 1. The predicted octanol–water partition coefficient (Wildman–Crippen LogP) is 2.28. The first kappa shape index (κ1) is 22.6. The average molecular weight is 416 g/mol. The summed E-state index contributed by atoms with van der Waals surface area (Å²) in [6.45, 7) is 2.48. The van der Waals surface area contributed by atoms with Crippen molar-refractivity contribution >= 4 is 11.9 Å². The van der Waals surface area contributed by atoms with Crippen molar-refractivity contribution < 1.29 is 33.3 Å². The number of methoxy groups -OCH3 is 3. The Morgan fingerprint density at radius 2 is 1.93 bits per heavy atom. The summed E-state index contributed by atoms with van der Waals surface area (Å²) in [7, 11) is 3.88. The monoisotopic (exact) mass is 416 g/mol. The lowest BCUT2D eigenvalue weighted by Crippen LogP contribution is -2.27. The average Bonchev–Trinajstić information content (AvgIpc) is 2.76. The molecule has 0 saturated heterocycles. The molecule has 9 heteroatoms. The van der Waals surface area contributed by atoms with Crippen molar-refractivity contribution in [3.05, 3.63) is 46.6 Å². The topological polar surface area (TPSA) is 130 Å². The Hall–Kier alpha value is -3.67. The van der Waals surface area contributed by atoms with Gasteiger partial charge >= 0.3 is 11.9 Å². The van der Waals surface area contributed by atoms with Crippen molar-refractivity contribution in [2.45, 2.75) is 25.7 Å². The molecule has 1 aromatic rings. The lowest BCUT2D eigenvalue weighted by atomic mass is 9.82. The molecule has 1 heterocycles. The number of nitrogens with zero attached hydrogens (tertiary/aromatic N) is 1. The molecule has 0 aromatic heterocycles. The van der Waals surface area contributed by atoms with Gasteiger partial charge in [-0.3, -0.25) is 4.79 Å². The molecule has 2 N–H and O–H groups in total. The van der Waals surface area contributed by atoms with Crippen molar-refractivity contribution in [1.82, 2.24) is 0 Å². The van der Waals surface area contributed by atoms with E-state index in [1.54, 1.807) is 18.2 Å². The molecule has 160 valence electrons. The smallest absolute Gasteiger partial charge is 0.338 e. The zero-order valence-electron chi connectivity index (χ0n) is 17.3. The third kappa shape index (κ3) is 4.66. The zero-order chi connectivity index (χ0) is 22.3. The minimum Gasteiger partial charge on any atom is -0.493 e. The van der Waals surface area contributed by atoms with Crippen molar-refractivity contribution in [2.75, 3.05) is 27.9 Å². The predicted molar refractivity (Wildman–Crippen MR) is 105 cm³/mol. The van der Waals surface area contributed by atoms with E-state index >= 15 is 0 Å². The van der Waals surface area contributed by atoms with Crippen LogP contribution in [0.15, 0.2) is 41.0 Å². The second-order valence-corrected chi connectivity index (χ2v) is 6.26. The van der Waals surface area contributed by atoms with E-state index < -0.39 is 17.9 Å². The van der Waals surface area contributed by atoms with E-state index in [1.807, 2.05) is 13.0 Å². The number of hydrogen-bond acceptors (Lipinski definition) is 9. The highest BCUT2D eigenvalue weighted by Gasteiger charge is 2.38. The SMILES string of the molecule is CCCOc1ccc([C@@H]2C(C#N)=C(N)OC(CC(=O)OC)=C2C(=O)OC)cc1OC. The highest BCUT2D eigenvalue weighted by Crippen LogP contribution is 2.43. The summed E-state index contributed by atoms with van der Waals surface area (Å²) in [6.07, 6.45) is 0.459. The van der Waals surface area contributed by atoms with E-state index in [0.717, 1.165) is 6.42 Å². The molecule has 0 unspecified atom stereocenters. The van der Waals surface area contributed by atoms with Gasteiger partial charge in [0.1, 0.15) is 23.8 Å². The second kappa shape index (κ2) is 10.2. The van der Waals surface area contributed by atoms with Crippen LogP contribution in [-0.4, -0.2) is 39.9 Å². The molecule has 0 aliphatic carbocycles. The number of esters is 2. The molecule has 0 amide bonds. The number of carbonyl (C=O) groups is 2. The molecule has 0 spiro atoms. The third-order valence-electron chi connectivity index (χ3n) is 4.42. The summed E-state index contributed by atoms with van der Waals surface area (Å²) >= 11 is 0. The van der Waals surface area contributed by atoms with Gasteiger partial charge in [-0.25, -0.2) is 4.79 Å². The normalized spacial score (nSPS) is 15.8. The van der Waals surface area contributed by atoms with Crippen LogP contribution in [0.25, 0.3) is 0 Å². The zero-order valence-corrected chi connectivity index (χ0v) is 17.3. The molecular formula is C21H24N2O7. The van der Waals surface area contributed by atoms with Crippen LogP contribution in [-0.2, 0) is 23.8 Å². The quantitative estimate of drug-likeness (QED) is 0.634. The first-order chi connectivity index (χ1) is 14.4. The van der Waals surface area contributed by atoms with Gasteiger partial charge in [-0.05, 0) is 24.1 Å². The summed E-state index contributed by atoms with van der Waals surface area (Å²) < 4.78 is 26.1. The van der Waals surface area contributed by atoms with Gasteiger partial charge in [0.2, 0.25) is 5.88 Å². The molecule has 1 aliphatic rings. The number of hydrogen-bond donors (Lipinski definition) is 1. The third-order valence-corrected chi connectivity index (χ3v) is 4.42. The molecule has 0 bridgehead atoms. The van der Waals surface area contributed by atoms with Crippen LogP contribution in [0.2, 0.25) is 0 Å². The molecule has 1 atom stereocenters. The number of ether oxygens (including phenoxy) is 5. The van der Waals surface area contributed by atoms with Gasteiger partial charge in [-0.15, -0.1) is 0 Å². The van der Waals surface area contributed by atoms with Gasteiger partial charge in [0.25, 0.3) is 0 Å². The first-order valence-electron chi connectivity index (χ1n) is 9.18. The maximum atomic E-state index is 12.6. The van der Waals surface area contributed by atoms with Crippen LogP contribution in [0.4, 0.5) is 0 Å². The Bertz CT molecular complexity index is 928. The second-order valence-electron chi connectivity index (χ2n) is 6.26. The molecule has 1 aromatic carbocycles. The van der Waals surface area contributed by atoms with Crippen LogP contribution in [0.5, 0.6) is 11.5 Å². The van der Waals surface area contributed by atoms with Crippen LogP contribution in [0.3, 0.4) is 0 Å². The molecule has 0 radical (unpaired) electrons. The van der Waals surface area contributed by atoms with E-state index in [9.17, 15) is 14.9 Å². The molecule has 0 fully saturated rings. The molecule has 0 saturated carbocycles. The number of rotatable bonds is 8. The van der Waals surface area contributed by atoms with E-state index in [4.69, 9.17) is 24.7 Å². The molecule has 30 heavy (non-hydrogen) atoms. The summed E-state index contributed by atoms with van der Waals surface area (Å²) in [6, 6.07) is 7.00. The van der Waals surface area contributed by atoms with Crippen LogP contribution < -0.4 is 15.2 Å². The van der Waals surface area contributed by atoms with E-state index in [2.05, 4.69) is 4.74 Å². The van der Waals surface area contributed by atoms with E-state index in [0.29, 0.717) is 23.7 Å². The largest absolute Gasteiger partial charge is 0.493 e. The summed E-state index contributed by atoms with van der Waals surface area (Å²) in [5.74, 6) is -1.64. The Morgan fingerprint density at radius 1 is 1.20 bits per heavy atom. The summed E-state index contributed by atoms with van der Waals surface area (Å²) in [5.41, 5.74) is 6.44. The van der Waals surface area contributed by atoms with Gasteiger partial charge in [-0.2, -0.15) is 5.26 Å². The highest BCUT2D eigenvalue weighted by molar-refractivity contribution is 5.93. The van der Waals surface area contributed by atoms with Crippen molar-refractivity contribution in [3.63, 3.8) is 0 Å². The molecule has 9 nitrogen and oxygen atoms in total.